The number of benzene rings is 1. The van der Waals surface area contributed by atoms with Gasteiger partial charge in [-0.2, -0.15) is 0 Å². The summed E-state index contributed by atoms with van der Waals surface area (Å²) >= 11 is 3.43. The highest BCUT2D eigenvalue weighted by molar-refractivity contribution is 9.10. The van der Waals surface area contributed by atoms with Gasteiger partial charge in [-0.15, -0.1) is 0 Å². The Morgan fingerprint density at radius 2 is 1.86 bits per heavy atom. The van der Waals surface area contributed by atoms with Crippen molar-refractivity contribution < 1.29 is 4.79 Å². The fourth-order valence-corrected chi connectivity index (χ4v) is 2.63. The minimum Gasteiger partial charge on any atom is -0.364 e. The fourth-order valence-electron chi connectivity index (χ4n) is 2.37. The molecule has 0 saturated carbocycles. The molecular formula is C16H14BrN3O. The third-order valence-electron chi connectivity index (χ3n) is 3.34. The summed E-state index contributed by atoms with van der Waals surface area (Å²) in [4.78, 5) is 17.8. The molecule has 0 radical (unpaired) electrons. The monoisotopic (exact) mass is 343 g/mol. The van der Waals surface area contributed by atoms with E-state index in [1.807, 2.05) is 65.9 Å². The van der Waals surface area contributed by atoms with Crippen molar-refractivity contribution in [2.75, 3.05) is 19.0 Å². The second-order valence-electron chi connectivity index (χ2n) is 4.94. The third-order valence-corrected chi connectivity index (χ3v) is 3.87. The Bertz CT molecular complexity index is 806. The lowest BCUT2D eigenvalue weighted by molar-refractivity contribution is 0.112. The molecule has 1 aromatic carbocycles. The molecule has 0 fully saturated rings. The maximum atomic E-state index is 11.3. The first-order valence-corrected chi connectivity index (χ1v) is 7.31. The smallest absolute Gasteiger partial charge is 0.170 e. The van der Waals surface area contributed by atoms with Crippen LogP contribution < -0.4 is 4.90 Å². The number of hydrogen-bond donors (Lipinski definition) is 0. The number of carbonyl (C=O) groups is 1. The van der Waals surface area contributed by atoms with E-state index in [1.54, 1.807) is 0 Å². The van der Waals surface area contributed by atoms with Crippen LogP contribution in [0.4, 0.5) is 5.82 Å². The predicted molar refractivity (Wildman–Crippen MR) is 88.0 cm³/mol. The summed E-state index contributed by atoms with van der Waals surface area (Å²) in [5.74, 6) is 1.75. The van der Waals surface area contributed by atoms with E-state index < -0.39 is 0 Å². The average Bonchev–Trinajstić information content (AvgIpc) is 2.86. The Balaban J connectivity index is 2.36. The first kappa shape index (κ1) is 13.8. The molecule has 0 aliphatic carbocycles. The normalized spacial score (nSPS) is 10.8. The molecular weight excluding hydrogens is 330 g/mol. The van der Waals surface area contributed by atoms with Crippen molar-refractivity contribution in [2.45, 2.75) is 0 Å². The zero-order valence-corrected chi connectivity index (χ0v) is 13.3. The van der Waals surface area contributed by atoms with Crippen molar-refractivity contribution in [3.8, 4) is 11.4 Å². The maximum absolute atomic E-state index is 11.3. The number of pyridine rings is 1. The number of carbonyl (C=O) groups excluding carboxylic acids is 1. The minimum atomic E-state index is 0.455. The molecule has 5 heteroatoms. The van der Waals surface area contributed by atoms with Crippen LogP contribution in [0.5, 0.6) is 0 Å². The van der Waals surface area contributed by atoms with Crippen molar-refractivity contribution in [1.29, 1.82) is 0 Å². The summed E-state index contributed by atoms with van der Waals surface area (Å²) in [5.41, 5.74) is 2.24. The third kappa shape index (κ3) is 2.34. The van der Waals surface area contributed by atoms with Gasteiger partial charge in [0, 0.05) is 24.1 Å². The largest absolute Gasteiger partial charge is 0.364 e. The van der Waals surface area contributed by atoms with Crippen LogP contribution in [-0.4, -0.2) is 29.8 Å². The number of anilines is 1. The van der Waals surface area contributed by atoms with Gasteiger partial charge in [-0.3, -0.25) is 9.20 Å². The number of aldehydes is 1. The molecule has 3 rings (SSSR count). The van der Waals surface area contributed by atoms with Crippen molar-refractivity contribution >= 4 is 33.6 Å². The summed E-state index contributed by atoms with van der Waals surface area (Å²) in [6.45, 7) is 0. The number of rotatable bonds is 3. The standard InChI is InChI=1S/C16H14BrN3O/c1-19(2)15-5-3-4-14-13(10-21)18-16(20(14)15)11-6-8-12(17)9-7-11/h3-10H,1-2H3. The number of fused-ring (bicyclic) bond motifs is 1. The highest BCUT2D eigenvalue weighted by Crippen LogP contribution is 2.28. The first-order valence-electron chi connectivity index (χ1n) is 6.51. The van der Waals surface area contributed by atoms with Crippen LogP contribution in [0.1, 0.15) is 10.5 Å². The van der Waals surface area contributed by atoms with Gasteiger partial charge in [0.1, 0.15) is 17.3 Å². The molecule has 0 saturated heterocycles. The van der Waals surface area contributed by atoms with Crippen LogP contribution in [0, 0.1) is 0 Å². The Morgan fingerprint density at radius 3 is 2.48 bits per heavy atom. The van der Waals surface area contributed by atoms with Crippen LogP contribution in [0.15, 0.2) is 46.9 Å². The van der Waals surface area contributed by atoms with Gasteiger partial charge in [-0.25, -0.2) is 4.98 Å². The van der Waals surface area contributed by atoms with E-state index in [9.17, 15) is 4.79 Å². The highest BCUT2D eigenvalue weighted by atomic mass is 79.9. The van der Waals surface area contributed by atoms with E-state index in [0.717, 1.165) is 33.5 Å². The lowest BCUT2D eigenvalue weighted by Gasteiger charge is -2.16. The summed E-state index contributed by atoms with van der Waals surface area (Å²) in [6.07, 6.45) is 0.803. The maximum Gasteiger partial charge on any atom is 0.170 e. The number of halogens is 1. The van der Waals surface area contributed by atoms with Crippen LogP contribution in [0.2, 0.25) is 0 Å². The predicted octanol–water partition coefficient (Wildman–Crippen LogP) is 3.64. The molecule has 2 heterocycles. The molecule has 0 atom stereocenters. The first-order chi connectivity index (χ1) is 10.1. The molecule has 0 spiro atoms. The van der Waals surface area contributed by atoms with Crippen LogP contribution >= 0.6 is 15.9 Å². The Morgan fingerprint density at radius 1 is 1.14 bits per heavy atom. The summed E-state index contributed by atoms with van der Waals surface area (Å²) in [6, 6.07) is 13.8. The van der Waals surface area contributed by atoms with Gasteiger partial charge < -0.3 is 4.90 Å². The van der Waals surface area contributed by atoms with Crippen molar-refractivity contribution in [3.63, 3.8) is 0 Å². The van der Waals surface area contributed by atoms with Gasteiger partial charge in [0.2, 0.25) is 0 Å². The molecule has 0 unspecified atom stereocenters. The minimum absolute atomic E-state index is 0.455. The van der Waals surface area contributed by atoms with Crippen molar-refractivity contribution in [2.24, 2.45) is 0 Å². The molecule has 0 N–H and O–H groups in total. The summed E-state index contributed by atoms with van der Waals surface area (Å²) in [5, 5.41) is 0. The number of aromatic nitrogens is 2. The van der Waals surface area contributed by atoms with Gasteiger partial charge in [0.15, 0.2) is 6.29 Å². The second kappa shape index (κ2) is 5.33. The zero-order chi connectivity index (χ0) is 15.0. The van der Waals surface area contributed by atoms with E-state index in [4.69, 9.17) is 0 Å². The van der Waals surface area contributed by atoms with Crippen LogP contribution in [0.3, 0.4) is 0 Å². The Kier molecular flexibility index (Phi) is 3.51. The topological polar surface area (TPSA) is 37.6 Å². The average molecular weight is 344 g/mol. The molecule has 0 bridgehead atoms. The van der Waals surface area contributed by atoms with Crippen LogP contribution in [0.25, 0.3) is 16.9 Å². The molecule has 0 aliphatic rings. The number of nitrogens with zero attached hydrogens (tertiary/aromatic N) is 3. The molecule has 21 heavy (non-hydrogen) atoms. The highest BCUT2D eigenvalue weighted by Gasteiger charge is 2.15. The Labute approximate surface area is 131 Å². The lowest BCUT2D eigenvalue weighted by Crippen LogP contribution is -2.13. The molecule has 3 aromatic rings. The van der Waals surface area contributed by atoms with E-state index in [0.29, 0.717) is 5.69 Å². The van der Waals surface area contributed by atoms with E-state index >= 15 is 0 Å². The summed E-state index contributed by atoms with van der Waals surface area (Å²) in [7, 11) is 3.95. The van der Waals surface area contributed by atoms with Gasteiger partial charge in [-0.1, -0.05) is 34.1 Å². The van der Waals surface area contributed by atoms with Crippen molar-refractivity contribution in [3.05, 3.63) is 52.6 Å². The van der Waals surface area contributed by atoms with E-state index in [2.05, 4.69) is 20.9 Å². The second-order valence-corrected chi connectivity index (χ2v) is 5.86. The number of imidazole rings is 1. The van der Waals surface area contributed by atoms with E-state index in [1.165, 1.54) is 0 Å². The van der Waals surface area contributed by atoms with Gasteiger partial charge in [-0.05, 0) is 24.3 Å². The SMILES string of the molecule is CN(C)c1cccc2c(C=O)nc(-c3ccc(Br)cc3)n12. The molecule has 4 nitrogen and oxygen atoms in total. The van der Waals surface area contributed by atoms with Gasteiger partial charge >= 0.3 is 0 Å². The van der Waals surface area contributed by atoms with Crippen molar-refractivity contribution in [1.82, 2.24) is 9.38 Å². The Hall–Kier alpha value is -2.14. The molecule has 2 aromatic heterocycles. The molecule has 0 amide bonds. The zero-order valence-electron chi connectivity index (χ0n) is 11.7. The number of hydrogen-bond acceptors (Lipinski definition) is 3. The van der Waals surface area contributed by atoms with Gasteiger partial charge in [0.25, 0.3) is 0 Å². The molecule has 106 valence electrons. The quantitative estimate of drug-likeness (QED) is 0.681. The molecule has 0 aliphatic heterocycles. The van der Waals surface area contributed by atoms with Gasteiger partial charge in [0.05, 0.1) is 5.52 Å². The fraction of sp³-hybridized carbons (Fsp3) is 0.125. The summed E-state index contributed by atoms with van der Waals surface area (Å²) < 4.78 is 3.02. The van der Waals surface area contributed by atoms with E-state index in [-0.39, 0.29) is 0 Å². The lowest BCUT2D eigenvalue weighted by atomic mass is 10.2. The van der Waals surface area contributed by atoms with Crippen LogP contribution in [-0.2, 0) is 0 Å².